The van der Waals surface area contributed by atoms with E-state index in [1.54, 1.807) is 0 Å². The van der Waals surface area contributed by atoms with Crippen LogP contribution in [0.4, 0.5) is 0 Å². The lowest BCUT2D eigenvalue weighted by Crippen LogP contribution is -2.46. The average molecular weight is 307 g/mol. The van der Waals surface area contributed by atoms with Gasteiger partial charge in [-0.3, -0.25) is 0 Å². The van der Waals surface area contributed by atoms with Crippen LogP contribution in [0.1, 0.15) is 74.9 Å². The number of rotatable bonds is 5. The number of aromatic nitrogens is 1. The Labute approximate surface area is 133 Å². The Kier molecular flexibility index (Phi) is 4.42. The first-order chi connectivity index (χ1) is 10.0. The summed E-state index contributed by atoms with van der Waals surface area (Å²) in [6.45, 7) is 9.23. The van der Waals surface area contributed by atoms with Crippen LogP contribution < -0.4 is 5.32 Å². The molecule has 0 atom stereocenters. The molecule has 1 N–H and O–H groups in total. The molecular weight excluding hydrogens is 276 g/mol. The SMILES string of the molecule is CCc1nc(C2(NC3CC3)CCC(C(C)C)CC2)sc1C. The second-order valence-corrected chi connectivity index (χ2v) is 8.66. The average Bonchev–Trinajstić information content (AvgIpc) is 3.19. The molecule has 0 radical (unpaired) electrons. The summed E-state index contributed by atoms with van der Waals surface area (Å²) in [7, 11) is 0. The van der Waals surface area contributed by atoms with Crippen molar-refractivity contribution in [2.45, 2.75) is 84.2 Å². The molecule has 2 saturated carbocycles. The van der Waals surface area contributed by atoms with Crippen molar-refractivity contribution in [2.24, 2.45) is 11.8 Å². The summed E-state index contributed by atoms with van der Waals surface area (Å²) in [5.74, 6) is 1.74. The minimum absolute atomic E-state index is 0.190. The van der Waals surface area contributed by atoms with Crippen molar-refractivity contribution in [1.29, 1.82) is 0 Å². The van der Waals surface area contributed by atoms with Gasteiger partial charge in [-0.1, -0.05) is 20.8 Å². The van der Waals surface area contributed by atoms with E-state index in [1.807, 2.05) is 11.3 Å². The Bertz CT molecular complexity index is 479. The Morgan fingerprint density at radius 2 is 1.90 bits per heavy atom. The summed E-state index contributed by atoms with van der Waals surface area (Å²) in [5.41, 5.74) is 1.51. The maximum Gasteiger partial charge on any atom is 0.113 e. The van der Waals surface area contributed by atoms with Crippen LogP contribution in [0.3, 0.4) is 0 Å². The fourth-order valence-electron chi connectivity index (χ4n) is 3.80. The molecule has 1 aromatic heterocycles. The smallest absolute Gasteiger partial charge is 0.113 e. The van der Waals surface area contributed by atoms with Crippen LogP contribution in [0.2, 0.25) is 0 Å². The summed E-state index contributed by atoms with van der Waals surface area (Å²) < 4.78 is 0. The van der Waals surface area contributed by atoms with E-state index in [0.29, 0.717) is 0 Å². The molecular formula is C18H30N2S. The standard InChI is InChI=1S/C18H30N2S/c1-5-16-13(4)21-17(19-16)18(20-15-6-7-15)10-8-14(9-11-18)12(2)3/h12,14-15,20H,5-11H2,1-4H3. The van der Waals surface area contributed by atoms with E-state index in [0.717, 1.165) is 24.3 Å². The van der Waals surface area contributed by atoms with Crippen LogP contribution in [-0.4, -0.2) is 11.0 Å². The fourth-order valence-corrected chi connectivity index (χ4v) is 5.01. The first-order valence-corrected chi connectivity index (χ1v) is 9.60. The van der Waals surface area contributed by atoms with Gasteiger partial charge in [0.1, 0.15) is 5.01 Å². The van der Waals surface area contributed by atoms with Crippen molar-refractivity contribution in [1.82, 2.24) is 10.3 Å². The number of aryl methyl sites for hydroxylation is 2. The lowest BCUT2D eigenvalue weighted by Gasteiger charge is -2.41. The van der Waals surface area contributed by atoms with Crippen molar-refractivity contribution >= 4 is 11.3 Å². The van der Waals surface area contributed by atoms with Crippen molar-refractivity contribution in [3.05, 3.63) is 15.6 Å². The van der Waals surface area contributed by atoms with Crippen LogP contribution in [0, 0.1) is 18.8 Å². The summed E-state index contributed by atoms with van der Waals surface area (Å²) >= 11 is 1.95. The molecule has 1 aromatic rings. The molecule has 2 aliphatic carbocycles. The second kappa shape index (κ2) is 6.00. The Balaban J connectivity index is 1.83. The number of thiazole rings is 1. The van der Waals surface area contributed by atoms with E-state index in [2.05, 4.69) is 33.0 Å². The molecule has 2 nitrogen and oxygen atoms in total. The number of nitrogens with zero attached hydrogens (tertiary/aromatic N) is 1. The van der Waals surface area contributed by atoms with Crippen LogP contribution in [0.25, 0.3) is 0 Å². The van der Waals surface area contributed by atoms with Crippen molar-refractivity contribution in [3.63, 3.8) is 0 Å². The van der Waals surface area contributed by atoms with Gasteiger partial charge in [0, 0.05) is 10.9 Å². The highest BCUT2D eigenvalue weighted by Crippen LogP contribution is 2.45. The third-order valence-corrected chi connectivity index (χ3v) is 6.74. The normalized spacial score (nSPS) is 30.0. The molecule has 3 rings (SSSR count). The van der Waals surface area contributed by atoms with Gasteiger partial charge in [-0.15, -0.1) is 11.3 Å². The van der Waals surface area contributed by atoms with Gasteiger partial charge in [-0.2, -0.15) is 0 Å². The van der Waals surface area contributed by atoms with Crippen molar-refractivity contribution in [2.75, 3.05) is 0 Å². The third kappa shape index (κ3) is 3.19. The first-order valence-electron chi connectivity index (χ1n) is 8.78. The molecule has 0 saturated heterocycles. The van der Waals surface area contributed by atoms with Crippen molar-refractivity contribution in [3.8, 4) is 0 Å². The molecule has 2 fully saturated rings. The molecule has 0 bridgehead atoms. The molecule has 2 aliphatic rings. The Hall–Kier alpha value is -0.410. The van der Waals surface area contributed by atoms with Crippen LogP contribution in [-0.2, 0) is 12.0 Å². The molecule has 0 aliphatic heterocycles. The molecule has 0 aromatic carbocycles. The third-order valence-electron chi connectivity index (χ3n) is 5.52. The van der Waals surface area contributed by atoms with E-state index < -0.39 is 0 Å². The van der Waals surface area contributed by atoms with Gasteiger partial charge in [-0.05, 0) is 63.7 Å². The van der Waals surface area contributed by atoms with Gasteiger partial charge in [0.05, 0.1) is 11.2 Å². The quantitative estimate of drug-likeness (QED) is 0.844. The topological polar surface area (TPSA) is 24.9 Å². The maximum absolute atomic E-state index is 5.03. The molecule has 21 heavy (non-hydrogen) atoms. The van der Waals surface area contributed by atoms with Crippen LogP contribution in [0.5, 0.6) is 0 Å². The minimum Gasteiger partial charge on any atom is -0.303 e. The predicted molar refractivity (Wildman–Crippen MR) is 90.9 cm³/mol. The van der Waals surface area contributed by atoms with Crippen LogP contribution in [0.15, 0.2) is 0 Å². The molecule has 0 spiro atoms. The van der Waals surface area contributed by atoms with Gasteiger partial charge in [-0.25, -0.2) is 4.98 Å². The highest BCUT2D eigenvalue weighted by Gasteiger charge is 2.43. The van der Waals surface area contributed by atoms with Gasteiger partial charge in [0.15, 0.2) is 0 Å². The zero-order valence-corrected chi connectivity index (χ0v) is 14.9. The summed E-state index contributed by atoms with van der Waals surface area (Å²) in [6, 6.07) is 0.759. The Morgan fingerprint density at radius 3 is 2.38 bits per heavy atom. The highest BCUT2D eigenvalue weighted by atomic mass is 32.1. The summed E-state index contributed by atoms with van der Waals surface area (Å²) in [4.78, 5) is 6.46. The number of hydrogen-bond acceptors (Lipinski definition) is 3. The van der Waals surface area contributed by atoms with E-state index in [4.69, 9.17) is 4.98 Å². The molecule has 1 heterocycles. The van der Waals surface area contributed by atoms with E-state index in [9.17, 15) is 0 Å². The zero-order valence-electron chi connectivity index (χ0n) is 14.0. The van der Waals surface area contributed by atoms with Gasteiger partial charge < -0.3 is 5.32 Å². The predicted octanol–water partition coefficient (Wildman–Crippen LogP) is 4.81. The minimum atomic E-state index is 0.190. The molecule has 0 amide bonds. The number of hydrogen-bond donors (Lipinski definition) is 1. The lowest BCUT2D eigenvalue weighted by molar-refractivity contribution is 0.158. The molecule has 3 heteroatoms. The maximum atomic E-state index is 5.03. The van der Waals surface area contributed by atoms with Crippen LogP contribution >= 0.6 is 11.3 Å². The van der Waals surface area contributed by atoms with Gasteiger partial charge >= 0.3 is 0 Å². The largest absolute Gasteiger partial charge is 0.303 e. The van der Waals surface area contributed by atoms with Crippen molar-refractivity contribution < 1.29 is 0 Å². The fraction of sp³-hybridized carbons (Fsp3) is 0.833. The number of nitrogens with one attached hydrogen (secondary N) is 1. The van der Waals surface area contributed by atoms with E-state index in [1.165, 1.54) is 54.1 Å². The van der Waals surface area contributed by atoms with E-state index in [-0.39, 0.29) is 5.54 Å². The van der Waals surface area contributed by atoms with E-state index >= 15 is 0 Å². The molecule has 0 unspecified atom stereocenters. The first kappa shape index (κ1) is 15.5. The Morgan fingerprint density at radius 1 is 1.24 bits per heavy atom. The summed E-state index contributed by atoms with van der Waals surface area (Å²) in [5, 5.41) is 5.38. The monoisotopic (exact) mass is 306 g/mol. The zero-order chi connectivity index (χ0) is 15.0. The summed E-state index contributed by atoms with van der Waals surface area (Å²) in [6.07, 6.45) is 9.07. The lowest BCUT2D eigenvalue weighted by atomic mass is 9.73. The van der Waals surface area contributed by atoms with Gasteiger partial charge in [0.25, 0.3) is 0 Å². The molecule has 118 valence electrons. The highest BCUT2D eigenvalue weighted by molar-refractivity contribution is 7.11. The van der Waals surface area contributed by atoms with Gasteiger partial charge in [0.2, 0.25) is 0 Å². The second-order valence-electron chi connectivity index (χ2n) is 7.46.